The zero-order valence-corrected chi connectivity index (χ0v) is 19.5. The maximum atomic E-state index is 13.1. The molecule has 1 atom stereocenters. The second-order valence-electron chi connectivity index (χ2n) is 8.06. The van der Waals surface area contributed by atoms with Crippen LogP contribution in [0.15, 0.2) is 41.3 Å². The van der Waals surface area contributed by atoms with Crippen molar-refractivity contribution in [3.05, 3.63) is 58.5 Å². The van der Waals surface area contributed by atoms with Gasteiger partial charge in [0.05, 0.1) is 34.3 Å². The number of aliphatic hydroxyl groups excluding tert-OH is 1. The molecule has 5 rings (SSSR count). The van der Waals surface area contributed by atoms with Gasteiger partial charge in [-0.05, 0) is 67.0 Å². The first-order valence-corrected chi connectivity index (χ1v) is 11.5. The molecule has 0 aromatic carbocycles. The smallest absolute Gasteiger partial charge is 0.147 e. The van der Waals surface area contributed by atoms with E-state index in [1.54, 1.807) is 10.7 Å². The molecule has 0 saturated carbocycles. The average molecular weight is 516 g/mol. The lowest BCUT2D eigenvalue weighted by Crippen LogP contribution is -2.30. The average Bonchev–Trinajstić information content (AvgIpc) is 3.41. The van der Waals surface area contributed by atoms with Gasteiger partial charge in [-0.25, -0.2) is 13.6 Å². The minimum atomic E-state index is -1.02. The van der Waals surface area contributed by atoms with Crippen LogP contribution < -0.4 is 10.1 Å². The van der Waals surface area contributed by atoms with Gasteiger partial charge >= 0.3 is 0 Å². The first-order chi connectivity index (χ1) is 16.0. The number of aliphatic hydroxyl groups is 1. The number of fused-ring (bicyclic) bond motifs is 1. The number of rotatable bonds is 6. The van der Waals surface area contributed by atoms with Gasteiger partial charge in [0.1, 0.15) is 35.5 Å². The van der Waals surface area contributed by atoms with Crippen LogP contribution >= 0.6 is 15.9 Å². The van der Waals surface area contributed by atoms with Gasteiger partial charge in [-0.2, -0.15) is 5.10 Å². The molecule has 5 heterocycles. The van der Waals surface area contributed by atoms with Gasteiger partial charge in [-0.3, -0.25) is 4.98 Å². The lowest BCUT2D eigenvalue weighted by Gasteiger charge is -2.23. The molecule has 1 aliphatic rings. The van der Waals surface area contributed by atoms with Crippen molar-refractivity contribution in [2.75, 3.05) is 19.7 Å². The molecular weight excluding hydrogens is 493 g/mol. The molecule has 9 nitrogen and oxygen atoms in total. The number of pyridine rings is 2. The second-order valence-corrected chi connectivity index (χ2v) is 8.91. The monoisotopic (exact) mass is 515 g/mol. The molecule has 0 aliphatic carbocycles. The van der Waals surface area contributed by atoms with Crippen LogP contribution in [-0.4, -0.2) is 54.4 Å². The Labute approximate surface area is 197 Å². The number of halogens is 2. The lowest BCUT2D eigenvalue weighted by molar-refractivity contribution is 0.105. The van der Waals surface area contributed by atoms with Crippen LogP contribution in [0.4, 0.5) is 4.39 Å². The van der Waals surface area contributed by atoms with Crippen molar-refractivity contribution in [2.24, 2.45) is 0 Å². The van der Waals surface area contributed by atoms with Gasteiger partial charge in [-0.15, -0.1) is 5.10 Å². The standard InChI is InChI=1S/C22H23BrFN7O2/c1-13-21(28-29-31(13)16-4-6-25-7-5-16)14-8-20(22-17(23)10-27-30(22)11-14)33-12-19(32)18-3-2-15(24)9-26-18/h2-3,8-11,16,19,25,32H,4-7,12H2,1H3/t19-/m1/s1. The molecule has 33 heavy (non-hydrogen) atoms. The number of aromatic nitrogens is 6. The molecule has 1 saturated heterocycles. The second kappa shape index (κ2) is 9.16. The zero-order chi connectivity index (χ0) is 22.9. The fourth-order valence-corrected chi connectivity index (χ4v) is 4.60. The topological polar surface area (TPSA) is 102 Å². The van der Waals surface area contributed by atoms with Gasteiger partial charge in [0.25, 0.3) is 0 Å². The van der Waals surface area contributed by atoms with Crippen molar-refractivity contribution in [1.82, 2.24) is 34.9 Å². The summed E-state index contributed by atoms with van der Waals surface area (Å²) in [4.78, 5) is 3.93. The number of nitrogens with zero attached hydrogens (tertiary/aromatic N) is 6. The minimum Gasteiger partial charge on any atom is -0.488 e. The highest BCUT2D eigenvalue weighted by molar-refractivity contribution is 9.10. The fourth-order valence-electron chi connectivity index (χ4n) is 4.13. The van der Waals surface area contributed by atoms with Gasteiger partial charge in [0, 0.05) is 11.8 Å². The summed E-state index contributed by atoms with van der Waals surface area (Å²) in [6.07, 6.45) is 5.65. The minimum absolute atomic E-state index is 0.0594. The molecule has 0 bridgehead atoms. The van der Waals surface area contributed by atoms with Gasteiger partial charge in [0.15, 0.2) is 0 Å². The summed E-state index contributed by atoms with van der Waals surface area (Å²) < 4.78 is 23.6. The van der Waals surface area contributed by atoms with Crippen LogP contribution in [-0.2, 0) is 0 Å². The first-order valence-electron chi connectivity index (χ1n) is 10.7. The van der Waals surface area contributed by atoms with Crippen molar-refractivity contribution in [3.8, 4) is 17.0 Å². The fraction of sp³-hybridized carbons (Fsp3) is 0.364. The molecule has 1 aliphatic heterocycles. The molecule has 4 aromatic heterocycles. The van der Waals surface area contributed by atoms with E-state index in [1.807, 2.05) is 23.9 Å². The molecule has 1 fully saturated rings. The SMILES string of the molecule is Cc1c(-c2cc(OC[C@@H](O)c3ccc(F)cn3)c3c(Br)cnn3c2)nnn1C1CCNCC1. The Hall–Kier alpha value is -2.89. The number of hydrogen-bond donors (Lipinski definition) is 2. The highest BCUT2D eigenvalue weighted by Gasteiger charge is 2.22. The van der Waals surface area contributed by atoms with E-state index in [1.165, 1.54) is 12.1 Å². The number of nitrogens with one attached hydrogen (secondary N) is 1. The van der Waals surface area contributed by atoms with Crippen LogP contribution in [0.5, 0.6) is 5.75 Å². The highest BCUT2D eigenvalue weighted by atomic mass is 79.9. The van der Waals surface area contributed by atoms with Crippen LogP contribution in [0.2, 0.25) is 0 Å². The first kappa shape index (κ1) is 21.9. The summed E-state index contributed by atoms with van der Waals surface area (Å²) in [6, 6.07) is 4.89. The molecule has 0 amide bonds. The Bertz CT molecular complexity index is 1270. The van der Waals surface area contributed by atoms with Crippen LogP contribution in [0.3, 0.4) is 0 Å². The van der Waals surface area contributed by atoms with E-state index in [9.17, 15) is 9.50 Å². The summed E-state index contributed by atoms with van der Waals surface area (Å²) in [5, 5.41) is 27.1. The number of ether oxygens (including phenoxy) is 1. The van der Waals surface area contributed by atoms with Crippen LogP contribution in [0.25, 0.3) is 16.8 Å². The Balaban J connectivity index is 1.45. The molecule has 0 unspecified atom stereocenters. The lowest BCUT2D eigenvalue weighted by atomic mass is 10.1. The van der Waals surface area contributed by atoms with E-state index in [0.29, 0.717) is 17.5 Å². The molecule has 0 spiro atoms. The summed E-state index contributed by atoms with van der Waals surface area (Å²) in [5.41, 5.74) is 3.60. The summed E-state index contributed by atoms with van der Waals surface area (Å²) in [6.45, 7) is 3.90. The predicted octanol–water partition coefficient (Wildman–Crippen LogP) is 3.23. The summed E-state index contributed by atoms with van der Waals surface area (Å²) in [7, 11) is 0. The third-order valence-electron chi connectivity index (χ3n) is 5.88. The van der Waals surface area contributed by atoms with Gasteiger partial charge < -0.3 is 15.2 Å². The largest absolute Gasteiger partial charge is 0.488 e. The van der Waals surface area contributed by atoms with Crippen molar-refractivity contribution in [1.29, 1.82) is 0 Å². The van der Waals surface area contributed by atoms with E-state index in [0.717, 1.165) is 59.1 Å². The molecule has 4 aromatic rings. The highest BCUT2D eigenvalue weighted by Crippen LogP contribution is 2.34. The third-order valence-corrected chi connectivity index (χ3v) is 6.46. The van der Waals surface area contributed by atoms with Gasteiger partial charge in [-0.1, -0.05) is 5.21 Å². The van der Waals surface area contributed by atoms with E-state index in [4.69, 9.17) is 4.74 Å². The van der Waals surface area contributed by atoms with E-state index in [2.05, 4.69) is 41.6 Å². The molecular formula is C22H23BrFN7O2. The molecule has 0 radical (unpaired) electrons. The Morgan fingerprint density at radius 2 is 2.12 bits per heavy atom. The Morgan fingerprint density at radius 1 is 1.30 bits per heavy atom. The normalized spacial score (nSPS) is 15.8. The number of piperidine rings is 1. The van der Waals surface area contributed by atoms with Crippen molar-refractivity contribution in [2.45, 2.75) is 31.9 Å². The van der Waals surface area contributed by atoms with Crippen LogP contribution in [0.1, 0.15) is 36.4 Å². The van der Waals surface area contributed by atoms with Crippen LogP contribution in [0, 0.1) is 12.7 Å². The van der Waals surface area contributed by atoms with E-state index in [-0.39, 0.29) is 6.61 Å². The van der Waals surface area contributed by atoms with Crippen molar-refractivity contribution >= 4 is 21.4 Å². The predicted molar refractivity (Wildman–Crippen MR) is 122 cm³/mol. The van der Waals surface area contributed by atoms with Crippen molar-refractivity contribution in [3.63, 3.8) is 0 Å². The summed E-state index contributed by atoms with van der Waals surface area (Å²) in [5.74, 6) is 0.0613. The van der Waals surface area contributed by atoms with Gasteiger partial charge in [0.2, 0.25) is 0 Å². The summed E-state index contributed by atoms with van der Waals surface area (Å²) >= 11 is 3.51. The molecule has 172 valence electrons. The van der Waals surface area contributed by atoms with E-state index >= 15 is 0 Å². The maximum absolute atomic E-state index is 13.1. The molecule has 2 N–H and O–H groups in total. The quantitative estimate of drug-likeness (QED) is 0.406. The zero-order valence-electron chi connectivity index (χ0n) is 17.9. The molecule has 11 heteroatoms. The maximum Gasteiger partial charge on any atom is 0.147 e. The number of hydrogen-bond acceptors (Lipinski definition) is 7. The Morgan fingerprint density at radius 3 is 2.88 bits per heavy atom. The van der Waals surface area contributed by atoms with E-state index < -0.39 is 11.9 Å². The third kappa shape index (κ3) is 4.35. The Kier molecular flexibility index (Phi) is 6.09. The van der Waals surface area contributed by atoms with Crippen molar-refractivity contribution < 1.29 is 14.2 Å².